The van der Waals surface area contributed by atoms with Crippen LogP contribution in [0.15, 0.2) is 48.5 Å². The smallest absolute Gasteiger partial charge is 0.317 e. The molecular formula is C31H40NO3+. The van der Waals surface area contributed by atoms with Crippen LogP contribution in [0.4, 0.5) is 0 Å². The van der Waals surface area contributed by atoms with Crippen LogP contribution >= 0.6 is 0 Å². The minimum absolute atomic E-state index is 0.0566. The van der Waals surface area contributed by atoms with Crippen molar-refractivity contribution in [2.24, 2.45) is 5.92 Å². The number of hydrogen-bond acceptors (Lipinski definition) is 3. The van der Waals surface area contributed by atoms with E-state index >= 15 is 0 Å². The monoisotopic (exact) mass is 474 g/mol. The lowest BCUT2D eigenvalue weighted by Crippen LogP contribution is -2.65. The number of carbonyl (C=O) groups is 1. The summed E-state index contributed by atoms with van der Waals surface area (Å²) in [4.78, 5) is 14.0. The highest BCUT2D eigenvalue weighted by molar-refractivity contribution is 5.83. The standard InChI is InChI=1S/C31H40NO3/c33-30(31(16-6-1-2-7-17-31)27-8-4-3-5-9-27)35-29-23-32(19-13-25(29)14-20-32)18-12-24-10-11-28-26(22-24)15-21-34-28/h3-5,8-11,22,25,29H,1-2,6-7,12-21,23H2/q+1. The van der Waals surface area contributed by atoms with Crippen LogP contribution in [-0.4, -0.2) is 49.3 Å². The molecule has 0 N–H and O–H groups in total. The van der Waals surface area contributed by atoms with E-state index in [1.165, 1.54) is 49.9 Å². The molecule has 2 bridgehead atoms. The predicted octanol–water partition coefficient (Wildman–Crippen LogP) is 5.61. The zero-order valence-electron chi connectivity index (χ0n) is 21.1. The number of fused-ring (bicyclic) bond motifs is 4. The van der Waals surface area contributed by atoms with Crippen molar-refractivity contribution in [3.05, 3.63) is 65.2 Å². The number of quaternary nitrogens is 1. The minimum atomic E-state index is -0.457. The molecule has 0 spiro atoms. The highest BCUT2D eigenvalue weighted by atomic mass is 16.5. The molecule has 4 heterocycles. The van der Waals surface area contributed by atoms with Crippen molar-refractivity contribution in [1.29, 1.82) is 0 Å². The Labute approximate surface area is 210 Å². The Morgan fingerprint density at radius 3 is 2.54 bits per heavy atom. The summed E-state index contributed by atoms with van der Waals surface area (Å²) in [6.45, 7) is 5.42. The highest BCUT2D eigenvalue weighted by Gasteiger charge is 2.50. The molecule has 3 saturated heterocycles. The Balaban J connectivity index is 1.16. The highest BCUT2D eigenvalue weighted by Crippen LogP contribution is 2.42. The predicted molar refractivity (Wildman–Crippen MR) is 137 cm³/mol. The van der Waals surface area contributed by atoms with Crippen LogP contribution in [0.1, 0.15) is 68.1 Å². The van der Waals surface area contributed by atoms with Crippen molar-refractivity contribution in [1.82, 2.24) is 0 Å². The van der Waals surface area contributed by atoms with Crippen molar-refractivity contribution in [2.45, 2.75) is 75.7 Å². The van der Waals surface area contributed by atoms with Crippen LogP contribution in [0.5, 0.6) is 5.75 Å². The molecule has 186 valence electrons. The van der Waals surface area contributed by atoms with E-state index in [1.54, 1.807) is 0 Å². The summed E-state index contributed by atoms with van der Waals surface area (Å²) in [5, 5.41) is 0. The number of carbonyl (C=O) groups excluding carboxylic acids is 1. The van der Waals surface area contributed by atoms with E-state index in [9.17, 15) is 4.79 Å². The lowest BCUT2D eigenvalue weighted by Gasteiger charge is -2.52. The first-order valence-corrected chi connectivity index (χ1v) is 14.0. The Kier molecular flexibility index (Phi) is 6.34. The van der Waals surface area contributed by atoms with E-state index in [-0.39, 0.29) is 12.1 Å². The molecule has 0 amide bonds. The van der Waals surface area contributed by atoms with Gasteiger partial charge in [-0.25, -0.2) is 0 Å². The third-order valence-electron chi connectivity index (χ3n) is 9.60. The summed E-state index contributed by atoms with van der Waals surface area (Å²) in [5.74, 6) is 1.66. The largest absolute Gasteiger partial charge is 0.493 e. The second kappa shape index (κ2) is 9.61. The number of hydrogen-bond donors (Lipinski definition) is 0. The molecule has 7 rings (SSSR count). The van der Waals surface area contributed by atoms with E-state index in [1.807, 2.05) is 0 Å². The van der Waals surface area contributed by atoms with Gasteiger partial charge in [-0.1, -0.05) is 68.1 Å². The first kappa shape index (κ1) is 23.1. The molecule has 4 heteroatoms. The maximum absolute atomic E-state index is 14.0. The van der Waals surface area contributed by atoms with Gasteiger partial charge < -0.3 is 14.0 Å². The molecule has 2 aromatic carbocycles. The molecule has 1 saturated carbocycles. The zero-order chi connectivity index (χ0) is 23.7. The van der Waals surface area contributed by atoms with E-state index in [0.29, 0.717) is 5.92 Å². The SMILES string of the molecule is O=C(OC1C[N+]2(CCc3ccc4c(c3)CCO4)CCC1CC2)C1(c2ccccc2)CCCCCC1. The van der Waals surface area contributed by atoms with Gasteiger partial charge in [0.2, 0.25) is 0 Å². The Morgan fingerprint density at radius 1 is 1.00 bits per heavy atom. The molecule has 4 fully saturated rings. The number of rotatable bonds is 6. The number of nitrogens with zero attached hydrogens (tertiary/aromatic N) is 1. The molecule has 5 aliphatic rings. The Hall–Kier alpha value is -2.33. The van der Waals surface area contributed by atoms with Gasteiger partial charge in [0.15, 0.2) is 6.10 Å². The summed E-state index contributed by atoms with van der Waals surface area (Å²) in [6.07, 6.45) is 11.1. The van der Waals surface area contributed by atoms with Crippen LogP contribution in [0.2, 0.25) is 0 Å². The molecule has 0 aromatic heterocycles. The van der Waals surface area contributed by atoms with Crippen LogP contribution in [-0.2, 0) is 27.8 Å². The molecule has 4 aliphatic heterocycles. The van der Waals surface area contributed by atoms with Crippen LogP contribution in [0.25, 0.3) is 0 Å². The molecule has 35 heavy (non-hydrogen) atoms. The molecule has 2 aromatic rings. The average Bonchev–Trinajstić information content (AvgIpc) is 3.23. The minimum Gasteiger partial charge on any atom is -0.493 e. The summed E-state index contributed by atoms with van der Waals surface area (Å²) in [6, 6.07) is 17.3. The first-order valence-electron chi connectivity index (χ1n) is 14.0. The Bertz CT molecular complexity index is 1030. The van der Waals surface area contributed by atoms with Crippen molar-refractivity contribution in [3.63, 3.8) is 0 Å². The number of piperidine rings is 3. The van der Waals surface area contributed by atoms with Gasteiger partial charge in [0, 0.05) is 31.6 Å². The van der Waals surface area contributed by atoms with Gasteiger partial charge in [-0.2, -0.15) is 0 Å². The van der Waals surface area contributed by atoms with Crippen LogP contribution in [0, 0.1) is 5.92 Å². The van der Waals surface area contributed by atoms with E-state index in [4.69, 9.17) is 9.47 Å². The van der Waals surface area contributed by atoms with Gasteiger partial charge in [0.1, 0.15) is 12.3 Å². The van der Waals surface area contributed by atoms with Gasteiger partial charge in [-0.05, 0) is 35.6 Å². The van der Waals surface area contributed by atoms with Gasteiger partial charge in [-0.3, -0.25) is 4.79 Å². The average molecular weight is 475 g/mol. The second-order valence-corrected chi connectivity index (χ2v) is 11.6. The maximum atomic E-state index is 14.0. The van der Waals surface area contributed by atoms with Crippen molar-refractivity contribution < 1.29 is 18.8 Å². The number of benzene rings is 2. The van der Waals surface area contributed by atoms with Gasteiger partial charge >= 0.3 is 5.97 Å². The first-order chi connectivity index (χ1) is 17.2. The fourth-order valence-electron chi connectivity index (χ4n) is 7.38. The quantitative estimate of drug-likeness (QED) is 0.310. The molecule has 4 nitrogen and oxygen atoms in total. The summed E-state index contributed by atoms with van der Waals surface area (Å²) >= 11 is 0. The Morgan fingerprint density at radius 2 is 1.77 bits per heavy atom. The lowest BCUT2D eigenvalue weighted by atomic mass is 9.74. The van der Waals surface area contributed by atoms with Crippen molar-refractivity contribution in [3.8, 4) is 5.75 Å². The summed E-state index contributed by atoms with van der Waals surface area (Å²) in [7, 11) is 0. The van der Waals surface area contributed by atoms with E-state index < -0.39 is 5.41 Å². The number of ether oxygens (including phenoxy) is 2. The fourth-order valence-corrected chi connectivity index (χ4v) is 7.38. The van der Waals surface area contributed by atoms with Crippen LogP contribution in [0.3, 0.4) is 0 Å². The summed E-state index contributed by atoms with van der Waals surface area (Å²) in [5.41, 5.74) is 3.49. The van der Waals surface area contributed by atoms with Gasteiger partial charge in [-0.15, -0.1) is 0 Å². The molecule has 1 atom stereocenters. The van der Waals surface area contributed by atoms with Crippen molar-refractivity contribution in [2.75, 3.05) is 32.8 Å². The zero-order valence-corrected chi connectivity index (χ0v) is 21.1. The van der Waals surface area contributed by atoms with E-state index in [2.05, 4.69) is 48.5 Å². The summed E-state index contributed by atoms with van der Waals surface area (Å²) < 4.78 is 13.3. The van der Waals surface area contributed by atoms with Crippen molar-refractivity contribution >= 4 is 5.97 Å². The van der Waals surface area contributed by atoms with Crippen LogP contribution < -0.4 is 4.74 Å². The maximum Gasteiger partial charge on any atom is 0.317 e. The fraction of sp³-hybridized carbons (Fsp3) is 0.581. The molecular weight excluding hydrogens is 434 g/mol. The third kappa shape index (κ3) is 4.50. The lowest BCUT2D eigenvalue weighted by molar-refractivity contribution is -0.946. The van der Waals surface area contributed by atoms with Gasteiger partial charge in [0.05, 0.1) is 31.7 Å². The normalized spacial score (nSPS) is 29.1. The molecule has 1 unspecified atom stereocenters. The second-order valence-electron chi connectivity index (χ2n) is 11.6. The topological polar surface area (TPSA) is 35.5 Å². The third-order valence-corrected chi connectivity index (χ3v) is 9.60. The molecule has 0 radical (unpaired) electrons. The van der Waals surface area contributed by atoms with Gasteiger partial charge in [0.25, 0.3) is 0 Å². The van der Waals surface area contributed by atoms with E-state index in [0.717, 1.165) is 74.0 Å². The molecule has 1 aliphatic carbocycles. The number of esters is 1.